The summed E-state index contributed by atoms with van der Waals surface area (Å²) in [5.41, 5.74) is 2.10. The zero-order valence-corrected chi connectivity index (χ0v) is 16.1. The zero-order chi connectivity index (χ0) is 18.4. The molecular formula is C20H26N4OS. The summed E-state index contributed by atoms with van der Waals surface area (Å²) < 4.78 is 0. The first-order valence-electron chi connectivity index (χ1n) is 9.01. The van der Waals surface area contributed by atoms with E-state index >= 15 is 0 Å². The first kappa shape index (κ1) is 18.5. The predicted molar refractivity (Wildman–Crippen MR) is 109 cm³/mol. The normalized spacial score (nSPS) is 18.0. The van der Waals surface area contributed by atoms with Gasteiger partial charge in [-0.3, -0.25) is 9.79 Å². The molecule has 2 aromatic rings. The van der Waals surface area contributed by atoms with Crippen LogP contribution in [0.1, 0.15) is 29.7 Å². The lowest BCUT2D eigenvalue weighted by Crippen LogP contribution is -2.42. The molecule has 0 bridgehead atoms. The monoisotopic (exact) mass is 370 g/mol. The lowest BCUT2D eigenvalue weighted by atomic mass is 9.90. The number of carbonyl (C=O) groups is 1. The number of hydrogen-bond acceptors (Lipinski definition) is 3. The van der Waals surface area contributed by atoms with Crippen LogP contribution in [-0.2, 0) is 11.2 Å². The van der Waals surface area contributed by atoms with Gasteiger partial charge in [-0.05, 0) is 35.4 Å². The van der Waals surface area contributed by atoms with Crippen molar-refractivity contribution in [2.24, 2.45) is 10.9 Å². The summed E-state index contributed by atoms with van der Waals surface area (Å²) in [4.78, 5) is 17.7. The van der Waals surface area contributed by atoms with Gasteiger partial charge in [-0.1, -0.05) is 31.2 Å². The van der Waals surface area contributed by atoms with Crippen LogP contribution in [0.25, 0.3) is 0 Å². The van der Waals surface area contributed by atoms with Crippen LogP contribution < -0.4 is 16.0 Å². The minimum Gasteiger partial charge on any atom is -0.356 e. The lowest BCUT2D eigenvalue weighted by Gasteiger charge is -2.26. The second-order valence-electron chi connectivity index (χ2n) is 6.76. The molecule has 1 aliphatic rings. The molecule has 1 amide bonds. The van der Waals surface area contributed by atoms with Gasteiger partial charge >= 0.3 is 0 Å². The quantitative estimate of drug-likeness (QED) is 0.540. The predicted octanol–water partition coefficient (Wildman–Crippen LogP) is 3.22. The van der Waals surface area contributed by atoms with Crippen molar-refractivity contribution in [1.29, 1.82) is 0 Å². The number of nitrogens with zero attached hydrogens (tertiary/aromatic N) is 1. The number of para-hydroxylation sites is 1. The van der Waals surface area contributed by atoms with Crippen LogP contribution in [0.4, 0.5) is 5.69 Å². The summed E-state index contributed by atoms with van der Waals surface area (Å²) in [6, 6.07) is 12.3. The number of amides is 1. The molecule has 26 heavy (non-hydrogen) atoms. The largest absolute Gasteiger partial charge is 0.356 e. The zero-order valence-electron chi connectivity index (χ0n) is 15.3. The highest BCUT2D eigenvalue weighted by atomic mass is 32.1. The van der Waals surface area contributed by atoms with E-state index in [2.05, 4.69) is 51.4 Å². The Morgan fingerprint density at radius 1 is 1.31 bits per heavy atom. The number of rotatable bonds is 6. The molecule has 3 N–H and O–H groups in total. The van der Waals surface area contributed by atoms with Crippen molar-refractivity contribution in [3.63, 3.8) is 0 Å². The Balaban J connectivity index is 1.50. The van der Waals surface area contributed by atoms with Crippen LogP contribution in [-0.4, -0.2) is 32.0 Å². The fraction of sp³-hybridized carbons (Fsp3) is 0.400. The molecule has 5 nitrogen and oxygen atoms in total. The van der Waals surface area contributed by atoms with Crippen molar-refractivity contribution in [2.75, 3.05) is 25.5 Å². The van der Waals surface area contributed by atoms with Gasteiger partial charge in [0.2, 0.25) is 5.91 Å². The Morgan fingerprint density at radius 3 is 2.92 bits per heavy atom. The molecule has 0 aliphatic carbocycles. The molecular weight excluding hydrogens is 344 g/mol. The van der Waals surface area contributed by atoms with E-state index in [0.717, 1.165) is 24.6 Å². The van der Waals surface area contributed by atoms with Crippen molar-refractivity contribution in [1.82, 2.24) is 10.6 Å². The van der Waals surface area contributed by atoms with E-state index in [1.54, 1.807) is 18.4 Å². The van der Waals surface area contributed by atoms with Gasteiger partial charge < -0.3 is 16.0 Å². The lowest BCUT2D eigenvalue weighted by molar-refractivity contribution is -0.116. The highest BCUT2D eigenvalue weighted by molar-refractivity contribution is 7.09. The molecule has 6 heteroatoms. The summed E-state index contributed by atoms with van der Waals surface area (Å²) in [6.45, 7) is 3.78. The van der Waals surface area contributed by atoms with Gasteiger partial charge in [0, 0.05) is 43.0 Å². The van der Waals surface area contributed by atoms with Crippen LogP contribution >= 0.6 is 11.3 Å². The maximum atomic E-state index is 11.9. The number of hydrogen-bond donors (Lipinski definition) is 3. The SMILES string of the molecule is CN=C(NCC(C)Cc1cccs1)NCC1CC(=O)Nc2ccccc21. The molecule has 1 aliphatic heterocycles. The van der Waals surface area contributed by atoms with Crippen molar-refractivity contribution < 1.29 is 4.79 Å². The van der Waals surface area contributed by atoms with Gasteiger partial charge in [-0.2, -0.15) is 0 Å². The number of nitrogens with one attached hydrogen (secondary N) is 3. The topological polar surface area (TPSA) is 65.5 Å². The van der Waals surface area contributed by atoms with Gasteiger partial charge in [0.1, 0.15) is 0 Å². The highest BCUT2D eigenvalue weighted by Gasteiger charge is 2.24. The van der Waals surface area contributed by atoms with Crippen LogP contribution in [0, 0.1) is 5.92 Å². The van der Waals surface area contributed by atoms with E-state index in [1.165, 1.54) is 10.4 Å². The van der Waals surface area contributed by atoms with Gasteiger partial charge in [0.05, 0.1) is 0 Å². The van der Waals surface area contributed by atoms with E-state index in [-0.39, 0.29) is 11.8 Å². The number of benzene rings is 1. The van der Waals surface area contributed by atoms with Crippen LogP contribution in [0.5, 0.6) is 0 Å². The summed E-state index contributed by atoms with van der Waals surface area (Å²) in [6.07, 6.45) is 1.56. The fourth-order valence-corrected chi connectivity index (χ4v) is 4.11. The summed E-state index contributed by atoms with van der Waals surface area (Å²) in [5.74, 6) is 1.53. The van der Waals surface area contributed by atoms with Crippen molar-refractivity contribution in [3.05, 3.63) is 52.2 Å². The smallest absolute Gasteiger partial charge is 0.225 e. The van der Waals surface area contributed by atoms with E-state index in [0.29, 0.717) is 18.9 Å². The van der Waals surface area contributed by atoms with Crippen LogP contribution in [0.15, 0.2) is 46.8 Å². The van der Waals surface area contributed by atoms with E-state index in [9.17, 15) is 4.79 Å². The maximum absolute atomic E-state index is 11.9. The van der Waals surface area contributed by atoms with Crippen molar-refractivity contribution in [3.8, 4) is 0 Å². The first-order valence-corrected chi connectivity index (χ1v) is 9.89. The van der Waals surface area contributed by atoms with E-state index < -0.39 is 0 Å². The second kappa shape index (κ2) is 8.85. The Labute approximate surface area is 158 Å². The van der Waals surface area contributed by atoms with Crippen LogP contribution in [0.2, 0.25) is 0 Å². The van der Waals surface area contributed by atoms with Crippen LogP contribution in [0.3, 0.4) is 0 Å². The third-order valence-electron chi connectivity index (χ3n) is 4.59. The molecule has 2 heterocycles. The minimum absolute atomic E-state index is 0.0722. The number of guanidine groups is 1. The second-order valence-corrected chi connectivity index (χ2v) is 7.79. The molecule has 0 saturated carbocycles. The molecule has 0 radical (unpaired) electrons. The maximum Gasteiger partial charge on any atom is 0.225 e. The molecule has 0 fully saturated rings. The number of fused-ring (bicyclic) bond motifs is 1. The summed E-state index contributed by atoms with van der Waals surface area (Å²) in [7, 11) is 1.78. The molecule has 0 saturated heterocycles. The Hall–Kier alpha value is -2.34. The Morgan fingerprint density at radius 2 is 2.15 bits per heavy atom. The third-order valence-corrected chi connectivity index (χ3v) is 5.49. The van der Waals surface area contributed by atoms with Gasteiger partial charge in [0.25, 0.3) is 0 Å². The van der Waals surface area contributed by atoms with Crippen molar-refractivity contribution >= 4 is 28.9 Å². The number of thiophene rings is 1. The van der Waals surface area contributed by atoms with Gasteiger partial charge in [-0.15, -0.1) is 11.3 Å². The Bertz CT molecular complexity index is 757. The molecule has 0 spiro atoms. The average molecular weight is 371 g/mol. The van der Waals surface area contributed by atoms with E-state index in [4.69, 9.17) is 0 Å². The molecule has 1 aromatic carbocycles. The average Bonchev–Trinajstić information content (AvgIpc) is 3.14. The number of carbonyl (C=O) groups excluding carboxylic acids is 1. The minimum atomic E-state index is 0.0722. The molecule has 2 unspecified atom stereocenters. The molecule has 1 aromatic heterocycles. The van der Waals surface area contributed by atoms with Gasteiger partial charge in [-0.25, -0.2) is 0 Å². The fourth-order valence-electron chi connectivity index (χ4n) is 3.24. The third kappa shape index (κ3) is 4.85. The molecule has 138 valence electrons. The highest BCUT2D eigenvalue weighted by Crippen LogP contribution is 2.31. The van der Waals surface area contributed by atoms with E-state index in [1.807, 2.05) is 18.2 Å². The standard InChI is InChI=1S/C20H26N4OS/c1-14(10-16-6-5-9-26-16)12-22-20(21-2)23-13-15-11-19(25)24-18-8-4-3-7-17(15)18/h3-9,14-15H,10-13H2,1-2H3,(H,24,25)(H2,21,22,23). The molecule has 2 atom stereocenters. The summed E-state index contributed by atoms with van der Waals surface area (Å²) in [5, 5.41) is 11.8. The first-order chi connectivity index (χ1) is 12.7. The van der Waals surface area contributed by atoms with Crippen molar-refractivity contribution in [2.45, 2.75) is 25.7 Å². The Kier molecular flexibility index (Phi) is 6.28. The number of aliphatic imine (C=N–C) groups is 1. The van der Waals surface area contributed by atoms with Gasteiger partial charge in [0.15, 0.2) is 5.96 Å². The molecule has 3 rings (SSSR count). The number of anilines is 1. The summed E-state index contributed by atoms with van der Waals surface area (Å²) >= 11 is 1.80.